The molecule has 0 N–H and O–H groups in total. The lowest BCUT2D eigenvalue weighted by molar-refractivity contribution is 0.0870. The Morgan fingerprint density at radius 2 is 2.20 bits per heavy atom. The number of ether oxygens (including phenoxy) is 1. The highest BCUT2D eigenvalue weighted by Gasteiger charge is 2.34. The molecule has 0 amide bonds. The van der Waals surface area contributed by atoms with Crippen LogP contribution in [0.5, 0.6) is 6.01 Å². The van der Waals surface area contributed by atoms with Crippen LogP contribution in [0.1, 0.15) is 24.6 Å². The fourth-order valence-electron chi connectivity index (χ4n) is 1.96. The van der Waals surface area contributed by atoms with E-state index in [4.69, 9.17) is 16.3 Å². The minimum Gasteiger partial charge on any atom is -0.463 e. The van der Waals surface area contributed by atoms with E-state index in [-0.39, 0.29) is 17.8 Å². The fourth-order valence-corrected chi connectivity index (χ4v) is 2.18. The minimum atomic E-state index is -0.0432. The third-order valence-electron chi connectivity index (χ3n) is 3.11. The Bertz CT molecular complexity index is 650. The normalized spacial score (nSPS) is 14.3. The van der Waals surface area contributed by atoms with E-state index >= 15 is 0 Å². The number of rotatable bonds is 4. The average Bonchev–Trinajstić information content (AvgIpc) is 3.21. The van der Waals surface area contributed by atoms with Crippen LogP contribution >= 0.6 is 11.6 Å². The van der Waals surface area contributed by atoms with Crippen LogP contribution in [0.2, 0.25) is 5.02 Å². The van der Waals surface area contributed by atoms with Crippen LogP contribution in [0.25, 0.3) is 11.4 Å². The summed E-state index contributed by atoms with van der Waals surface area (Å²) >= 11 is 6.18. The zero-order valence-corrected chi connectivity index (χ0v) is 11.8. The second kappa shape index (κ2) is 5.25. The molecule has 1 aliphatic carbocycles. The monoisotopic (exact) mass is 291 g/mol. The molecule has 1 saturated carbocycles. The highest BCUT2D eigenvalue weighted by atomic mass is 35.5. The van der Waals surface area contributed by atoms with Crippen LogP contribution in [0.3, 0.4) is 0 Å². The molecule has 0 bridgehead atoms. The maximum atomic E-state index is 12.3. The van der Waals surface area contributed by atoms with Crippen LogP contribution in [-0.2, 0) is 0 Å². The molecule has 0 spiro atoms. The molecule has 0 atom stereocenters. The van der Waals surface area contributed by atoms with Gasteiger partial charge < -0.3 is 4.74 Å². The maximum Gasteiger partial charge on any atom is 0.336 e. The van der Waals surface area contributed by atoms with Crippen LogP contribution < -0.4 is 4.74 Å². The summed E-state index contributed by atoms with van der Waals surface area (Å²) in [5, 5.41) is 4.69. The Balaban J connectivity index is 2.08. The molecule has 0 saturated heterocycles. The SMILES string of the molecule is CCOc1nc(-c2ccccc2Cl)n(C(=O)C2CC2)n1. The van der Waals surface area contributed by atoms with Crippen molar-refractivity contribution in [1.82, 2.24) is 14.8 Å². The van der Waals surface area contributed by atoms with Crippen molar-refractivity contribution in [2.24, 2.45) is 5.92 Å². The third-order valence-corrected chi connectivity index (χ3v) is 3.44. The van der Waals surface area contributed by atoms with Gasteiger partial charge in [-0.2, -0.15) is 9.67 Å². The van der Waals surface area contributed by atoms with Gasteiger partial charge in [0.1, 0.15) is 0 Å². The lowest BCUT2D eigenvalue weighted by atomic mass is 10.2. The van der Waals surface area contributed by atoms with Gasteiger partial charge in [-0.25, -0.2) is 0 Å². The lowest BCUT2D eigenvalue weighted by Gasteiger charge is -2.04. The third kappa shape index (κ3) is 2.41. The number of hydrogen-bond acceptors (Lipinski definition) is 4. The quantitative estimate of drug-likeness (QED) is 0.869. The van der Waals surface area contributed by atoms with Gasteiger partial charge in [0.25, 0.3) is 5.91 Å². The summed E-state index contributed by atoms with van der Waals surface area (Å²) in [6, 6.07) is 7.47. The van der Waals surface area contributed by atoms with Gasteiger partial charge in [-0.1, -0.05) is 23.7 Å². The van der Waals surface area contributed by atoms with Gasteiger partial charge in [0.05, 0.1) is 11.6 Å². The number of hydrogen-bond donors (Lipinski definition) is 0. The van der Waals surface area contributed by atoms with E-state index < -0.39 is 0 Å². The highest BCUT2D eigenvalue weighted by molar-refractivity contribution is 6.33. The Morgan fingerprint density at radius 3 is 2.85 bits per heavy atom. The van der Waals surface area contributed by atoms with Crippen molar-refractivity contribution < 1.29 is 9.53 Å². The van der Waals surface area contributed by atoms with E-state index in [0.717, 1.165) is 12.8 Å². The van der Waals surface area contributed by atoms with Crippen molar-refractivity contribution in [1.29, 1.82) is 0 Å². The summed E-state index contributed by atoms with van der Waals surface area (Å²) in [5.41, 5.74) is 0.682. The molecule has 1 heterocycles. The Hall–Kier alpha value is -1.88. The van der Waals surface area contributed by atoms with Gasteiger partial charge in [0.2, 0.25) is 0 Å². The molecule has 0 unspecified atom stereocenters. The topological polar surface area (TPSA) is 57.0 Å². The summed E-state index contributed by atoms with van der Waals surface area (Å²) in [4.78, 5) is 16.6. The zero-order valence-electron chi connectivity index (χ0n) is 11.0. The molecule has 0 aliphatic heterocycles. The molecule has 3 rings (SSSR count). The Kier molecular flexibility index (Phi) is 3.44. The Labute approximate surface area is 121 Å². The van der Waals surface area contributed by atoms with Gasteiger partial charge in [0.15, 0.2) is 5.82 Å². The minimum absolute atomic E-state index is 0.0432. The molecular formula is C14H14ClN3O2. The molecule has 6 heteroatoms. The first-order valence-electron chi connectivity index (χ1n) is 6.59. The number of benzene rings is 1. The first-order chi connectivity index (χ1) is 9.70. The zero-order chi connectivity index (χ0) is 14.1. The molecule has 0 radical (unpaired) electrons. The first kappa shape index (κ1) is 13.1. The van der Waals surface area contributed by atoms with Gasteiger partial charge in [-0.05, 0) is 31.9 Å². The highest BCUT2D eigenvalue weighted by Crippen LogP contribution is 2.33. The molecule has 1 aromatic heterocycles. The summed E-state index contributed by atoms with van der Waals surface area (Å²) < 4.78 is 6.62. The molecular weight excluding hydrogens is 278 g/mol. The Morgan fingerprint density at radius 1 is 1.45 bits per heavy atom. The molecule has 20 heavy (non-hydrogen) atoms. The molecule has 2 aromatic rings. The van der Waals surface area contributed by atoms with E-state index in [9.17, 15) is 4.79 Å². The van der Waals surface area contributed by atoms with E-state index in [2.05, 4.69) is 10.1 Å². The number of aromatic nitrogens is 3. The second-order valence-electron chi connectivity index (χ2n) is 4.66. The smallest absolute Gasteiger partial charge is 0.336 e. The fraction of sp³-hybridized carbons (Fsp3) is 0.357. The van der Waals surface area contributed by atoms with Gasteiger partial charge in [0, 0.05) is 11.5 Å². The summed E-state index contributed by atoms with van der Waals surface area (Å²) in [6.45, 7) is 2.29. The van der Waals surface area contributed by atoms with Crippen molar-refractivity contribution in [3.05, 3.63) is 29.3 Å². The van der Waals surface area contributed by atoms with Crippen molar-refractivity contribution in [2.75, 3.05) is 6.61 Å². The van der Waals surface area contributed by atoms with Crippen molar-refractivity contribution in [3.8, 4) is 17.4 Å². The van der Waals surface area contributed by atoms with Crippen molar-refractivity contribution in [2.45, 2.75) is 19.8 Å². The molecule has 1 fully saturated rings. The van der Waals surface area contributed by atoms with E-state index in [1.165, 1.54) is 4.68 Å². The lowest BCUT2D eigenvalue weighted by Crippen LogP contribution is -2.16. The number of carbonyl (C=O) groups is 1. The standard InChI is InChI=1S/C14H14ClN3O2/c1-2-20-14-16-12(10-5-3-4-6-11(10)15)18(17-14)13(19)9-7-8-9/h3-6,9H,2,7-8H2,1H3. The van der Waals surface area contributed by atoms with Crippen LogP contribution in [-0.4, -0.2) is 27.3 Å². The summed E-state index contributed by atoms with van der Waals surface area (Å²) in [5.74, 6) is 0.446. The molecule has 1 aliphatic rings. The van der Waals surface area contributed by atoms with Gasteiger partial charge >= 0.3 is 6.01 Å². The summed E-state index contributed by atoms with van der Waals surface area (Å²) in [7, 11) is 0. The summed E-state index contributed by atoms with van der Waals surface area (Å²) in [6.07, 6.45) is 1.81. The largest absolute Gasteiger partial charge is 0.463 e. The van der Waals surface area contributed by atoms with Gasteiger partial charge in [-0.15, -0.1) is 5.10 Å². The predicted octanol–water partition coefficient (Wildman–Crippen LogP) is 3.05. The molecule has 5 nitrogen and oxygen atoms in total. The average molecular weight is 292 g/mol. The van der Waals surface area contributed by atoms with E-state index in [1.807, 2.05) is 25.1 Å². The second-order valence-corrected chi connectivity index (χ2v) is 5.06. The van der Waals surface area contributed by atoms with Crippen LogP contribution in [0, 0.1) is 5.92 Å². The molecule has 1 aromatic carbocycles. The van der Waals surface area contributed by atoms with Crippen molar-refractivity contribution in [3.63, 3.8) is 0 Å². The number of nitrogens with zero attached hydrogens (tertiary/aromatic N) is 3. The maximum absolute atomic E-state index is 12.3. The van der Waals surface area contributed by atoms with Gasteiger partial charge in [-0.3, -0.25) is 4.79 Å². The van der Waals surface area contributed by atoms with Crippen LogP contribution in [0.15, 0.2) is 24.3 Å². The first-order valence-corrected chi connectivity index (χ1v) is 6.97. The number of halogens is 1. The molecule has 104 valence electrons. The van der Waals surface area contributed by atoms with Crippen LogP contribution in [0.4, 0.5) is 0 Å². The number of carbonyl (C=O) groups excluding carboxylic acids is 1. The predicted molar refractivity (Wildman–Crippen MR) is 75.0 cm³/mol. The van der Waals surface area contributed by atoms with E-state index in [1.54, 1.807) is 6.07 Å². The van der Waals surface area contributed by atoms with Crippen molar-refractivity contribution >= 4 is 17.5 Å². The van der Waals surface area contributed by atoms with E-state index in [0.29, 0.717) is 23.0 Å².